The average molecular weight is 274 g/mol. The molecule has 1 aromatic carbocycles. The van der Waals surface area contributed by atoms with Crippen LogP contribution in [0.3, 0.4) is 0 Å². The molecule has 1 aromatic heterocycles. The first-order valence-corrected chi connectivity index (χ1v) is 7.74. The van der Waals surface area contributed by atoms with Crippen molar-refractivity contribution in [3.05, 3.63) is 51.5 Å². The normalized spacial score (nSPS) is 12.6. The maximum Gasteiger partial charge on any atom is 0.0940 e. The molecule has 1 unspecified atom stereocenters. The van der Waals surface area contributed by atoms with Gasteiger partial charge in [0.25, 0.3) is 0 Å². The van der Waals surface area contributed by atoms with E-state index < -0.39 is 0 Å². The van der Waals surface area contributed by atoms with Crippen LogP contribution >= 0.6 is 11.3 Å². The number of thiazole rings is 1. The number of aryl methyl sites for hydroxylation is 2. The van der Waals surface area contributed by atoms with Crippen molar-refractivity contribution < 1.29 is 0 Å². The first-order valence-electron chi connectivity index (χ1n) is 6.86. The molecule has 2 rings (SSSR count). The van der Waals surface area contributed by atoms with Crippen LogP contribution < -0.4 is 5.32 Å². The van der Waals surface area contributed by atoms with Crippen LogP contribution in [0.1, 0.15) is 28.6 Å². The topological polar surface area (TPSA) is 24.9 Å². The van der Waals surface area contributed by atoms with Gasteiger partial charge in [0, 0.05) is 24.0 Å². The van der Waals surface area contributed by atoms with Gasteiger partial charge in [-0.25, -0.2) is 4.98 Å². The van der Waals surface area contributed by atoms with Crippen LogP contribution in [0.5, 0.6) is 0 Å². The van der Waals surface area contributed by atoms with Crippen molar-refractivity contribution in [3.63, 3.8) is 0 Å². The van der Waals surface area contributed by atoms with Gasteiger partial charge in [-0.2, -0.15) is 0 Å². The van der Waals surface area contributed by atoms with Crippen LogP contribution in [0.25, 0.3) is 0 Å². The predicted molar refractivity (Wildman–Crippen MR) is 82.9 cm³/mol. The largest absolute Gasteiger partial charge is 0.314 e. The van der Waals surface area contributed by atoms with E-state index in [0.29, 0.717) is 6.04 Å². The first-order chi connectivity index (χ1) is 9.17. The van der Waals surface area contributed by atoms with Crippen molar-refractivity contribution in [2.45, 2.75) is 39.7 Å². The number of nitrogens with zero attached hydrogens (tertiary/aromatic N) is 1. The Labute approximate surface area is 119 Å². The molecule has 0 radical (unpaired) electrons. The van der Waals surface area contributed by atoms with Gasteiger partial charge in [-0.15, -0.1) is 11.3 Å². The summed E-state index contributed by atoms with van der Waals surface area (Å²) in [5, 5.41) is 6.84. The molecule has 0 saturated heterocycles. The molecule has 102 valence electrons. The second-order valence-electron chi connectivity index (χ2n) is 5.08. The van der Waals surface area contributed by atoms with Gasteiger partial charge in [-0.1, -0.05) is 36.2 Å². The zero-order chi connectivity index (χ0) is 13.7. The van der Waals surface area contributed by atoms with Crippen LogP contribution in [0.2, 0.25) is 0 Å². The molecule has 3 heteroatoms. The van der Waals surface area contributed by atoms with Crippen molar-refractivity contribution in [3.8, 4) is 0 Å². The molecule has 0 bridgehead atoms. The van der Waals surface area contributed by atoms with Crippen LogP contribution in [-0.2, 0) is 12.8 Å². The molecule has 0 spiro atoms. The zero-order valence-corrected chi connectivity index (χ0v) is 12.8. The summed E-state index contributed by atoms with van der Waals surface area (Å²) in [6.07, 6.45) is 3.97. The lowest BCUT2D eigenvalue weighted by atomic mass is 9.99. The fraction of sp³-hybridized carbons (Fsp3) is 0.438. The van der Waals surface area contributed by atoms with Gasteiger partial charge in [-0.05, 0) is 32.4 Å². The molecular weight excluding hydrogens is 252 g/mol. The summed E-state index contributed by atoms with van der Waals surface area (Å²) in [6.45, 7) is 7.50. The maximum absolute atomic E-state index is 4.39. The molecule has 19 heavy (non-hydrogen) atoms. The molecule has 2 aromatic rings. The minimum Gasteiger partial charge on any atom is -0.314 e. The third-order valence-corrected chi connectivity index (χ3v) is 3.96. The number of likely N-dealkylation sites (N-methyl/N-ethyl adjacent to an activating group) is 1. The van der Waals surface area contributed by atoms with Crippen molar-refractivity contribution in [1.82, 2.24) is 10.3 Å². The van der Waals surface area contributed by atoms with Gasteiger partial charge >= 0.3 is 0 Å². The van der Waals surface area contributed by atoms with E-state index in [1.807, 2.05) is 6.20 Å². The molecule has 1 heterocycles. The summed E-state index contributed by atoms with van der Waals surface area (Å²) in [5.41, 5.74) is 4.11. The lowest BCUT2D eigenvalue weighted by Crippen LogP contribution is -2.33. The van der Waals surface area contributed by atoms with Crippen LogP contribution in [0.15, 0.2) is 29.8 Å². The van der Waals surface area contributed by atoms with E-state index in [4.69, 9.17) is 0 Å². The Morgan fingerprint density at radius 2 is 1.89 bits per heavy atom. The van der Waals surface area contributed by atoms with Crippen LogP contribution in [0, 0.1) is 13.8 Å². The molecule has 0 amide bonds. The van der Waals surface area contributed by atoms with Crippen molar-refractivity contribution in [2.24, 2.45) is 0 Å². The summed E-state index contributed by atoms with van der Waals surface area (Å²) >= 11 is 1.74. The highest BCUT2D eigenvalue weighted by molar-refractivity contribution is 7.09. The highest BCUT2D eigenvalue weighted by Crippen LogP contribution is 2.14. The quantitative estimate of drug-likeness (QED) is 0.871. The van der Waals surface area contributed by atoms with Gasteiger partial charge in [-0.3, -0.25) is 0 Å². The van der Waals surface area contributed by atoms with Crippen molar-refractivity contribution in [2.75, 3.05) is 6.54 Å². The number of rotatable bonds is 6. The number of hydrogen-bond acceptors (Lipinski definition) is 3. The van der Waals surface area contributed by atoms with E-state index in [1.54, 1.807) is 11.3 Å². The molecule has 0 aliphatic carbocycles. The zero-order valence-electron chi connectivity index (χ0n) is 11.9. The molecule has 1 atom stereocenters. The average Bonchev–Trinajstić information content (AvgIpc) is 2.80. The predicted octanol–water partition coefficient (Wildman–Crippen LogP) is 3.52. The lowest BCUT2D eigenvalue weighted by molar-refractivity contribution is 0.520. The van der Waals surface area contributed by atoms with E-state index in [-0.39, 0.29) is 0 Å². The number of aromatic nitrogens is 1. The summed E-state index contributed by atoms with van der Waals surface area (Å²) in [6, 6.07) is 7.28. The minimum atomic E-state index is 0.470. The van der Waals surface area contributed by atoms with Gasteiger partial charge < -0.3 is 5.32 Å². The lowest BCUT2D eigenvalue weighted by Gasteiger charge is -2.17. The Balaban J connectivity index is 2.07. The van der Waals surface area contributed by atoms with Gasteiger partial charge in [0.1, 0.15) is 0 Å². The van der Waals surface area contributed by atoms with Crippen LogP contribution in [0.4, 0.5) is 0 Å². The third kappa shape index (κ3) is 4.44. The summed E-state index contributed by atoms with van der Waals surface area (Å²) in [4.78, 5) is 4.39. The Hall–Kier alpha value is -1.19. The molecule has 2 nitrogen and oxygen atoms in total. The fourth-order valence-corrected chi connectivity index (χ4v) is 3.24. The second-order valence-corrected chi connectivity index (χ2v) is 6.06. The van der Waals surface area contributed by atoms with Crippen molar-refractivity contribution >= 4 is 11.3 Å². The van der Waals surface area contributed by atoms with E-state index >= 15 is 0 Å². The molecule has 1 N–H and O–H groups in total. The smallest absolute Gasteiger partial charge is 0.0940 e. The Morgan fingerprint density at radius 3 is 2.47 bits per heavy atom. The standard InChI is InChI=1S/C16H22N2S/c1-4-17-15(11-16-18-5-6-19-16)10-14-8-12(2)7-13(3)9-14/h5-9,15,17H,4,10-11H2,1-3H3. The highest BCUT2D eigenvalue weighted by Gasteiger charge is 2.11. The maximum atomic E-state index is 4.39. The Kier molecular flexibility index (Phi) is 5.11. The Bertz CT molecular complexity index is 485. The van der Waals surface area contributed by atoms with E-state index in [1.165, 1.54) is 21.7 Å². The molecule has 0 aliphatic heterocycles. The SMILES string of the molecule is CCNC(Cc1cc(C)cc(C)c1)Cc1nccs1. The third-order valence-electron chi connectivity index (χ3n) is 3.16. The van der Waals surface area contributed by atoms with Gasteiger partial charge in [0.15, 0.2) is 0 Å². The monoisotopic (exact) mass is 274 g/mol. The Morgan fingerprint density at radius 1 is 1.16 bits per heavy atom. The number of benzene rings is 1. The van der Waals surface area contributed by atoms with Gasteiger partial charge in [0.05, 0.1) is 5.01 Å². The molecular formula is C16H22N2S. The van der Waals surface area contributed by atoms with E-state index in [2.05, 4.69) is 54.7 Å². The summed E-state index contributed by atoms with van der Waals surface area (Å²) in [7, 11) is 0. The van der Waals surface area contributed by atoms with Crippen molar-refractivity contribution in [1.29, 1.82) is 0 Å². The molecule has 0 fully saturated rings. The minimum absolute atomic E-state index is 0.470. The summed E-state index contributed by atoms with van der Waals surface area (Å²) < 4.78 is 0. The summed E-state index contributed by atoms with van der Waals surface area (Å²) in [5.74, 6) is 0. The number of hydrogen-bond donors (Lipinski definition) is 1. The first kappa shape index (κ1) is 14.2. The fourth-order valence-electron chi connectivity index (χ4n) is 2.54. The van der Waals surface area contributed by atoms with Gasteiger partial charge in [0.2, 0.25) is 0 Å². The second kappa shape index (κ2) is 6.83. The van der Waals surface area contributed by atoms with E-state index in [0.717, 1.165) is 19.4 Å². The molecule has 0 saturated carbocycles. The molecule has 0 aliphatic rings. The van der Waals surface area contributed by atoms with E-state index in [9.17, 15) is 0 Å². The highest BCUT2D eigenvalue weighted by atomic mass is 32.1. The van der Waals surface area contributed by atoms with Crippen LogP contribution in [-0.4, -0.2) is 17.6 Å². The number of nitrogens with one attached hydrogen (secondary N) is 1.